The maximum Gasteiger partial charge on any atom is 0.220 e. The number of thiophene rings is 1. The minimum Gasteiger partial charge on any atom is -0.354 e. The van der Waals surface area contributed by atoms with E-state index in [1.165, 1.54) is 30.6 Å². The molecule has 1 aromatic carbocycles. The molecule has 0 bridgehead atoms. The second kappa shape index (κ2) is 10.5. The van der Waals surface area contributed by atoms with E-state index in [0.29, 0.717) is 12.1 Å². The number of carbonyl (C=O) groups is 2. The average Bonchev–Trinajstić information content (AvgIpc) is 3.09. The molecule has 0 aliphatic carbocycles. The predicted molar refractivity (Wildman–Crippen MR) is 115 cm³/mol. The summed E-state index contributed by atoms with van der Waals surface area (Å²) in [5.41, 5.74) is 1.81. The summed E-state index contributed by atoms with van der Waals surface area (Å²) < 4.78 is 0. The maximum atomic E-state index is 12.4. The summed E-state index contributed by atoms with van der Waals surface area (Å²) in [6.45, 7) is 4.78. The molecular weight excluding hydrogens is 368 g/mol. The Morgan fingerprint density at radius 1 is 1.04 bits per heavy atom. The third-order valence-corrected chi connectivity index (χ3v) is 6.37. The van der Waals surface area contributed by atoms with Crippen molar-refractivity contribution in [1.82, 2.24) is 10.2 Å². The van der Waals surface area contributed by atoms with Crippen molar-refractivity contribution in [1.29, 1.82) is 0 Å². The zero-order valence-corrected chi connectivity index (χ0v) is 17.5. The van der Waals surface area contributed by atoms with Gasteiger partial charge in [0, 0.05) is 29.8 Å². The number of carbonyl (C=O) groups excluding carboxylic acids is 2. The first-order chi connectivity index (χ1) is 13.6. The molecule has 0 spiro atoms. The molecule has 2 heterocycles. The SMILES string of the molecule is Cc1ccc(C(=O)CCC(=O)NCC(c2cccs2)N2CCCCCC2)cc1. The molecule has 1 fully saturated rings. The van der Waals surface area contributed by atoms with E-state index in [1.54, 1.807) is 11.3 Å². The molecule has 3 rings (SSSR count). The van der Waals surface area contributed by atoms with Crippen LogP contribution in [0, 0.1) is 6.92 Å². The number of benzene rings is 1. The normalized spacial score (nSPS) is 16.3. The molecule has 150 valence electrons. The Bertz CT molecular complexity index is 747. The van der Waals surface area contributed by atoms with Gasteiger partial charge in [-0.3, -0.25) is 14.5 Å². The van der Waals surface area contributed by atoms with E-state index in [9.17, 15) is 9.59 Å². The quantitative estimate of drug-likeness (QED) is 0.653. The minimum absolute atomic E-state index is 0.0254. The summed E-state index contributed by atoms with van der Waals surface area (Å²) in [7, 11) is 0. The number of amides is 1. The van der Waals surface area contributed by atoms with Gasteiger partial charge in [-0.1, -0.05) is 48.7 Å². The van der Waals surface area contributed by atoms with Crippen LogP contribution in [0.5, 0.6) is 0 Å². The van der Waals surface area contributed by atoms with Gasteiger partial charge in [-0.05, 0) is 44.3 Å². The van der Waals surface area contributed by atoms with E-state index >= 15 is 0 Å². The molecule has 1 aliphatic rings. The lowest BCUT2D eigenvalue weighted by atomic mass is 10.0. The number of rotatable bonds is 8. The lowest BCUT2D eigenvalue weighted by Crippen LogP contribution is -2.38. The molecule has 5 heteroatoms. The number of ketones is 1. The van der Waals surface area contributed by atoms with Gasteiger partial charge < -0.3 is 5.32 Å². The van der Waals surface area contributed by atoms with Gasteiger partial charge in [-0.15, -0.1) is 11.3 Å². The van der Waals surface area contributed by atoms with E-state index in [1.807, 2.05) is 31.2 Å². The Labute approximate surface area is 172 Å². The van der Waals surface area contributed by atoms with Gasteiger partial charge in [0.05, 0.1) is 6.04 Å². The Balaban J connectivity index is 1.51. The van der Waals surface area contributed by atoms with Gasteiger partial charge in [-0.25, -0.2) is 0 Å². The van der Waals surface area contributed by atoms with Gasteiger partial charge >= 0.3 is 0 Å². The molecule has 0 radical (unpaired) electrons. The fraction of sp³-hybridized carbons (Fsp3) is 0.478. The fourth-order valence-electron chi connectivity index (χ4n) is 3.71. The number of Topliss-reactive ketones (excluding diaryl/α,β-unsaturated/α-hetero) is 1. The van der Waals surface area contributed by atoms with Gasteiger partial charge in [0.15, 0.2) is 5.78 Å². The first-order valence-electron chi connectivity index (χ1n) is 10.3. The largest absolute Gasteiger partial charge is 0.354 e. The van der Waals surface area contributed by atoms with Gasteiger partial charge in [0.1, 0.15) is 0 Å². The van der Waals surface area contributed by atoms with Crippen molar-refractivity contribution in [2.75, 3.05) is 19.6 Å². The summed E-state index contributed by atoms with van der Waals surface area (Å²) in [5.74, 6) is -0.0192. The highest BCUT2D eigenvalue weighted by Crippen LogP contribution is 2.27. The Morgan fingerprint density at radius 2 is 1.75 bits per heavy atom. The lowest BCUT2D eigenvalue weighted by molar-refractivity contribution is -0.121. The van der Waals surface area contributed by atoms with Gasteiger partial charge in [-0.2, -0.15) is 0 Å². The zero-order valence-electron chi connectivity index (χ0n) is 16.7. The molecule has 28 heavy (non-hydrogen) atoms. The summed E-state index contributed by atoms with van der Waals surface area (Å²) in [6.07, 6.45) is 5.52. The molecule has 1 aromatic heterocycles. The number of hydrogen-bond acceptors (Lipinski definition) is 4. The van der Waals surface area contributed by atoms with Crippen molar-refractivity contribution >= 4 is 23.0 Å². The number of nitrogens with one attached hydrogen (secondary N) is 1. The summed E-state index contributed by atoms with van der Waals surface area (Å²) in [6, 6.07) is 12.0. The second-order valence-corrected chi connectivity index (χ2v) is 8.55. The highest BCUT2D eigenvalue weighted by Gasteiger charge is 2.23. The van der Waals surface area contributed by atoms with Crippen LogP contribution in [0.4, 0.5) is 0 Å². The van der Waals surface area contributed by atoms with E-state index in [-0.39, 0.29) is 30.6 Å². The minimum atomic E-state index is -0.0446. The molecule has 1 unspecified atom stereocenters. The van der Waals surface area contributed by atoms with Crippen LogP contribution in [0.15, 0.2) is 41.8 Å². The number of nitrogens with zero attached hydrogens (tertiary/aromatic N) is 1. The van der Waals surface area contributed by atoms with Crippen LogP contribution in [-0.4, -0.2) is 36.2 Å². The van der Waals surface area contributed by atoms with E-state index < -0.39 is 0 Å². The van der Waals surface area contributed by atoms with Crippen LogP contribution in [0.2, 0.25) is 0 Å². The zero-order chi connectivity index (χ0) is 19.8. The number of hydrogen-bond donors (Lipinski definition) is 1. The van der Waals surface area contributed by atoms with Crippen LogP contribution in [0.1, 0.15) is 65.4 Å². The maximum absolute atomic E-state index is 12.4. The summed E-state index contributed by atoms with van der Waals surface area (Å²) in [4.78, 5) is 28.5. The van der Waals surface area contributed by atoms with Crippen LogP contribution >= 0.6 is 11.3 Å². The molecule has 1 aliphatic heterocycles. The predicted octanol–water partition coefficient (Wildman–Crippen LogP) is 4.75. The number of likely N-dealkylation sites (tertiary alicyclic amines) is 1. The van der Waals surface area contributed by atoms with Crippen LogP contribution in [0.25, 0.3) is 0 Å². The van der Waals surface area contributed by atoms with Crippen molar-refractivity contribution in [2.24, 2.45) is 0 Å². The topological polar surface area (TPSA) is 49.4 Å². The van der Waals surface area contributed by atoms with E-state index in [2.05, 4.69) is 27.7 Å². The van der Waals surface area contributed by atoms with Crippen molar-refractivity contribution in [2.45, 2.75) is 51.5 Å². The van der Waals surface area contributed by atoms with Crippen LogP contribution in [0.3, 0.4) is 0 Å². The molecule has 0 saturated carbocycles. The second-order valence-electron chi connectivity index (χ2n) is 7.57. The molecule has 1 amide bonds. The first kappa shape index (κ1) is 20.7. The van der Waals surface area contributed by atoms with Crippen molar-refractivity contribution in [3.63, 3.8) is 0 Å². The number of aryl methyl sites for hydroxylation is 1. The first-order valence-corrected chi connectivity index (χ1v) is 11.2. The standard InChI is InChI=1S/C23H30N2O2S/c1-18-8-10-19(11-9-18)21(26)12-13-23(27)24-17-20(22-7-6-16-28-22)25-14-4-2-3-5-15-25/h6-11,16,20H,2-5,12-15,17H2,1H3,(H,24,27). The van der Waals surface area contributed by atoms with E-state index in [4.69, 9.17) is 0 Å². The van der Waals surface area contributed by atoms with Crippen molar-refractivity contribution in [3.05, 3.63) is 57.8 Å². The molecule has 4 nitrogen and oxygen atoms in total. The molecule has 2 aromatic rings. The Morgan fingerprint density at radius 3 is 2.39 bits per heavy atom. The monoisotopic (exact) mass is 398 g/mol. The summed E-state index contributed by atoms with van der Waals surface area (Å²) >= 11 is 1.75. The molecular formula is C23H30N2O2S. The highest BCUT2D eigenvalue weighted by molar-refractivity contribution is 7.10. The third kappa shape index (κ3) is 6.01. The van der Waals surface area contributed by atoms with Gasteiger partial charge in [0.25, 0.3) is 0 Å². The van der Waals surface area contributed by atoms with Crippen LogP contribution in [-0.2, 0) is 4.79 Å². The molecule has 1 saturated heterocycles. The third-order valence-electron chi connectivity index (χ3n) is 5.40. The van der Waals surface area contributed by atoms with Crippen molar-refractivity contribution in [3.8, 4) is 0 Å². The Kier molecular flexibility index (Phi) is 7.80. The van der Waals surface area contributed by atoms with E-state index in [0.717, 1.165) is 18.7 Å². The lowest BCUT2D eigenvalue weighted by Gasteiger charge is -2.30. The molecule has 1 N–H and O–H groups in total. The van der Waals surface area contributed by atoms with Gasteiger partial charge in [0.2, 0.25) is 5.91 Å². The molecule has 1 atom stereocenters. The van der Waals surface area contributed by atoms with Crippen molar-refractivity contribution < 1.29 is 9.59 Å². The summed E-state index contributed by atoms with van der Waals surface area (Å²) in [5, 5.41) is 5.18. The van der Waals surface area contributed by atoms with Crippen LogP contribution < -0.4 is 5.32 Å². The highest BCUT2D eigenvalue weighted by atomic mass is 32.1. The Hall–Kier alpha value is -1.98. The average molecular weight is 399 g/mol. The fourth-order valence-corrected chi connectivity index (χ4v) is 4.57. The smallest absolute Gasteiger partial charge is 0.220 e.